The Morgan fingerprint density at radius 2 is 2.11 bits per heavy atom. The van der Waals surface area contributed by atoms with Crippen molar-refractivity contribution >= 4 is 51.5 Å². The molecule has 0 radical (unpaired) electrons. The number of nitrogens with zero attached hydrogens (tertiary/aromatic N) is 2. The molecule has 1 aliphatic heterocycles. The van der Waals surface area contributed by atoms with Crippen LogP contribution in [0.15, 0.2) is 18.2 Å². The van der Waals surface area contributed by atoms with E-state index in [1.165, 1.54) is 22.3 Å². The van der Waals surface area contributed by atoms with E-state index in [9.17, 15) is 9.59 Å². The Balaban J connectivity index is 1.74. The van der Waals surface area contributed by atoms with Gasteiger partial charge in [-0.25, -0.2) is 4.98 Å². The van der Waals surface area contributed by atoms with Crippen LogP contribution in [0.5, 0.6) is 0 Å². The number of amides is 2. The molecule has 3 rings (SSSR count). The Morgan fingerprint density at radius 3 is 2.71 bits per heavy atom. The fourth-order valence-corrected chi connectivity index (χ4v) is 4.05. The van der Waals surface area contributed by atoms with Crippen LogP contribution in [-0.2, 0) is 9.53 Å². The number of ether oxygens (including phenoxy) is 1. The first-order valence-corrected chi connectivity index (χ1v) is 10.5. The summed E-state index contributed by atoms with van der Waals surface area (Å²) in [5.41, 5.74) is 1.25. The summed E-state index contributed by atoms with van der Waals surface area (Å²) in [5, 5.41) is 3.96. The Kier molecular flexibility index (Phi) is 6.93. The fraction of sp³-hybridized carbons (Fsp3) is 0.421. The molecule has 0 aliphatic carbocycles. The van der Waals surface area contributed by atoms with E-state index < -0.39 is 0 Å². The molecule has 0 saturated carbocycles. The van der Waals surface area contributed by atoms with Gasteiger partial charge in [-0.3, -0.25) is 9.59 Å². The van der Waals surface area contributed by atoms with E-state index in [0.717, 1.165) is 23.4 Å². The highest BCUT2D eigenvalue weighted by Gasteiger charge is 2.26. The number of aryl methyl sites for hydroxylation is 2. The lowest BCUT2D eigenvalue weighted by atomic mass is 10.1. The van der Waals surface area contributed by atoms with E-state index in [1.54, 1.807) is 12.1 Å². The van der Waals surface area contributed by atoms with Crippen LogP contribution in [-0.4, -0.2) is 47.5 Å². The van der Waals surface area contributed by atoms with E-state index in [2.05, 4.69) is 10.3 Å². The molecule has 0 spiro atoms. The van der Waals surface area contributed by atoms with Crippen LogP contribution in [0.3, 0.4) is 0 Å². The second kappa shape index (κ2) is 9.22. The van der Waals surface area contributed by atoms with Gasteiger partial charge in [0, 0.05) is 23.6 Å². The fourth-order valence-electron chi connectivity index (χ4n) is 2.92. The highest BCUT2D eigenvalue weighted by molar-refractivity contribution is 7.15. The SMILES string of the molecule is Cc1nc(NC(=O)CN(CC2CCCO2)C(=O)c2ccc(Cl)c(Cl)c2)sc1C. The topological polar surface area (TPSA) is 71.5 Å². The zero-order chi connectivity index (χ0) is 20.3. The third kappa shape index (κ3) is 5.23. The highest BCUT2D eigenvalue weighted by atomic mass is 35.5. The molecule has 2 heterocycles. The number of nitrogens with one attached hydrogen (secondary N) is 1. The average Bonchev–Trinajstić information content (AvgIpc) is 3.26. The molecule has 1 N–H and O–H groups in total. The molecule has 150 valence electrons. The second-order valence-electron chi connectivity index (χ2n) is 6.66. The van der Waals surface area contributed by atoms with Crippen molar-refractivity contribution in [2.75, 3.05) is 25.0 Å². The number of rotatable bonds is 6. The van der Waals surface area contributed by atoms with Crippen LogP contribution >= 0.6 is 34.5 Å². The monoisotopic (exact) mass is 441 g/mol. The number of thiazole rings is 1. The van der Waals surface area contributed by atoms with Crippen LogP contribution in [0.1, 0.15) is 33.8 Å². The summed E-state index contributed by atoms with van der Waals surface area (Å²) in [5.74, 6) is -0.601. The van der Waals surface area contributed by atoms with E-state index in [1.807, 2.05) is 13.8 Å². The van der Waals surface area contributed by atoms with Crippen molar-refractivity contribution < 1.29 is 14.3 Å². The summed E-state index contributed by atoms with van der Waals surface area (Å²) in [7, 11) is 0. The molecule has 1 aromatic carbocycles. The molecule has 1 saturated heterocycles. The molecule has 1 atom stereocenters. The van der Waals surface area contributed by atoms with Crippen LogP contribution in [0, 0.1) is 13.8 Å². The maximum absolute atomic E-state index is 13.0. The van der Waals surface area contributed by atoms with Crippen molar-refractivity contribution in [1.29, 1.82) is 0 Å². The minimum atomic E-state index is -0.305. The van der Waals surface area contributed by atoms with Gasteiger partial charge in [0.05, 0.1) is 21.8 Å². The molecule has 0 bridgehead atoms. The standard InChI is InChI=1S/C19H21Cl2N3O3S/c1-11-12(2)28-19(22-11)23-17(25)10-24(9-14-4-3-7-27-14)18(26)13-5-6-15(20)16(21)8-13/h5-6,8,14H,3-4,7,9-10H2,1-2H3,(H,22,23,25). The maximum Gasteiger partial charge on any atom is 0.254 e. The first-order chi connectivity index (χ1) is 13.3. The molecule has 2 amide bonds. The predicted molar refractivity (Wildman–Crippen MR) is 112 cm³/mol. The number of carbonyl (C=O) groups is 2. The van der Waals surface area contributed by atoms with Crippen molar-refractivity contribution in [1.82, 2.24) is 9.88 Å². The first-order valence-electron chi connectivity index (χ1n) is 8.93. The van der Waals surface area contributed by atoms with Crippen LogP contribution in [0.25, 0.3) is 0 Å². The lowest BCUT2D eigenvalue weighted by Crippen LogP contribution is -2.42. The number of aromatic nitrogens is 1. The lowest BCUT2D eigenvalue weighted by molar-refractivity contribution is -0.117. The van der Waals surface area contributed by atoms with Gasteiger partial charge in [0.25, 0.3) is 5.91 Å². The first kappa shape index (κ1) is 21.0. The lowest BCUT2D eigenvalue weighted by Gasteiger charge is -2.25. The van der Waals surface area contributed by atoms with Gasteiger partial charge in [-0.15, -0.1) is 11.3 Å². The number of carbonyl (C=O) groups excluding carboxylic acids is 2. The molecular weight excluding hydrogens is 421 g/mol. The van der Waals surface area contributed by atoms with Crippen molar-refractivity contribution in [3.8, 4) is 0 Å². The highest BCUT2D eigenvalue weighted by Crippen LogP contribution is 2.24. The van der Waals surface area contributed by atoms with Crippen molar-refractivity contribution in [2.24, 2.45) is 0 Å². The summed E-state index contributed by atoms with van der Waals surface area (Å²) in [6.45, 7) is 4.74. The number of hydrogen-bond acceptors (Lipinski definition) is 5. The Hall–Kier alpha value is -1.67. The number of halogens is 2. The zero-order valence-electron chi connectivity index (χ0n) is 15.6. The molecule has 1 unspecified atom stereocenters. The van der Waals surface area contributed by atoms with E-state index in [4.69, 9.17) is 27.9 Å². The molecule has 2 aromatic rings. The predicted octanol–water partition coefficient (Wildman–Crippen LogP) is 4.33. The third-order valence-corrected chi connectivity index (χ3v) is 6.24. The molecule has 28 heavy (non-hydrogen) atoms. The van der Waals surface area contributed by atoms with E-state index in [0.29, 0.717) is 33.9 Å². The summed E-state index contributed by atoms with van der Waals surface area (Å²) in [6.07, 6.45) is 1.73. The minimum Gasteiger partial charge on any atom is -0.376 e. The Labute approximate surface area is 177 Å². The smallest absolute Gasteiger partial charge is 0.254 e. The van der Waals surface area contributed by atoms with Gasteiger partial charge in [-0.1, -0.05) is 23.2 Å². The van der Waals surface area contributed by atoms with Crippen LogP contribution in [0.2, 0.25) is 10.0 Å². The van der Waals surface area contributed by atoms with Crippen LogP contribution < -0.4 is 5.32 Å². The second-order valence-corrected chi connectivity index (χ2v) is 8.68. The number of anilines is 1. The average molecular weight is 442 g/mol. The van der Waals surface area contributed by atoms with Gasteiger partial charge in [-0.2, -0.15) is 0 Å². The summed E-state index contributed by atoms with van der Waals surface area (Å²) >= 11 is 13.4. The van der Waals surface area contributed by atoms with Crippen molar-refractivity contribution in [3.63, 3.8) is 0 Å². The normalized spacial score (nSPS) is 16.2. The van der Waals surface area contributed by atoms with Crippen molar-refractivity contribution in [3.05, 3.63) is 44.4 Å². The third-order valence-electron chi connectivity index (χ3n) is 4.51. The largest absolute Gasteiger partial charge is 0.376 e. The molecular formula is C19H21Cl2N3O3S. The van der Waals surface area contributed by atoms with Gasteiger partial charge in [-0.05, 0) is 44.9 Å². The molecule has 1 aromatic heterocycles. The Morgan fingerprint density at radius 1 is 1.32 bits per heavy atom. The minimum absolute atomic E-state index is 0.0797. The number of hydrogen-bond donors (Lipinski definition) is 1. The molecule has 6 nitrogen and oxygen atoms in total. The maximum atomic E-state index is 13.0. The molecule has 9 heteroatoms. The number of benzene rings is 1. The van der Waals surface area contributed by atoms with Crippen molar-refractivity contribution in [2.45, 2.75) is 32.8 Å². The Bertz CT molecular complexity index is 862. The van der Waals surface area contributed by atoms with E-state index >= 15 is 0 Å². The van der Waals surface area contributed by atoms with E-state index in [-0.39, 0.29) is 24.5 Å². The van der Waals surface area contributed by atoms with Gasteiger partial charge >= 0.3 is 0 Å². The quantitative estimate of drug-likeness (QED) is 0.723. The van der Waals surface area contributed by atoms with Crippen LogP contribution in [0.4, 0.5) is 5.13 Å². The van der Waals surface area contributed by atoms with Gasteiger partial charge in [0.15, 0.2) is 5.13 Å². The summed E-state index contributed by atoms with van der Waals surface area (Å²) in [6, 6.07) is 4.69. The summed E-state index contributed by atoms with van der Waals surface area (Å²) in [4.78, 5) is 32.4. The zero-order valence-corrected chi connectivity index (χ0v) is 18.0. The molecule has 1 aliphatic rings. The summed E-state index contributed by atoms with van der Waals surface area (Å²) < 4.78 is 5.65. The van der Waals surface area contributed by atoms with Gasteiger partial charge in [0.1, 0.15) is 6.54 Å². The van der Waals surface area contributed by atoms with Gasteiger partial charge in [0.2, 0.25) is 5.91 Å². The molecule has 1 fully saturated rings. The van der Waals surface area contributed by atoms with Gasteiger partial charge < -0.3 is 15.0 Å².